The molecule has 0 aromatic heterocycles. The Morgan fingerprint density at radius 2 is 2.08 bits per heavy atom. The molecule has 0 spiro atoms. The predicted molar refractivity (Wildman–Crippen MR) is 104 cm³/mol. The molecule has 0 bridgehead atoms. The Morgan fingerprint density at radius 3 is 2.65 bits per heavy atom. The average molecular weight is 364 g/mol. The minimum absolute atomic E-state index is 0.0421. The van der Waals surface area contributed by atoms with E-state index in [4.69, 9.17) is 9.47 Å². The topological polar surface area (TPSA) is 54.0 Å². The fourth-order valence-corrected chi connectivity index (χ4v) is 3.21. The summed E-state index contributed by atoms with van der Waals surface area (Å²) in [5.41, 5.74) is 1.15. The minimum atomic E-state index is -0.0421. The van der Waals surface area contributed by atoms with Crippen molar-refractivity contribution in [3.8, 4) is 11.5 Å². The van der Waals surface area contributed by atoms with Crippen LogP contribution < -0.4 is 14.8 Å². The van der Waals surface area contributed by atoms with Crippen molar-refractivity contribution < 1.29 is 14.3 Å². The Kier molecular flexibility index (Phi) is 6.75. The van der Waals surface area contributed by atoms with Crippen molar-refractivity contribution >= 4 is 6.03 Å². The molecule has 0 saturated carbocycles. The van der Waals surface area contributed by atoms with Crippen LogP contribution in [0.1, 0.15) is 39.7 Å². The molecule has 1 N–H and O–H groups in total. The van der Waals surface area contributed by atoms with Gasteiger partial charge in [0.05, 0.1) is 13.7 Å². The number of hydrogen-bond donors (Lipinski definition) is 1. The van der Waals surface area contributed by atoms with Gasteiger partial charge in [-0.1, -0.05) is 6.07 Å². The van der Waals surface area contributed by atoms with E-state index in [9.17, 15) is 4.79 Å². The van der Waals surface area contributed by atoms with Crippen molar-refractivity contribution in [2.45, 2.75) is 52.2 Å². The second kappa shape index (κ2) is 8.62. The standard InChI is InChI=1S/C20H33N3O3/c1-7-26-18-12-15(8-9-17(18)25-6)13-22(5)19(24)21-16-10-11-23(14-16)20(2,3)4/h8-9,12,16H,7,10-11,13-14H2,1-6H3,(H,21,24). The first-order valence-electron chi connectivity index (χ1n) is 9.31. The molecule has 0 aliphatic carbocycles. The number of carbonyl (C=O) groups is 1. The molecule has 1 fully saturated rings. The van der Waals surface area contributed by atoms with Crippen LogP contribution in [0.15, 0.2) is 18.2 Å². The summed E-state index contributed by atoms with van der Waals surface area (Å²) in [6.45, 7) is 11.6. The Balaban J connectivity index is 1.92. The van der Waals surface area contributed by atoms with Gasteiger partial charge in [-0.2, -0.15) is 0 Å². The van der Waals surface area contributed by atoms with E-state index >= 15 is 0 Å². The number of methoxy groups -OCH3 is 1. The molecular weight excluding hydrogens is 330 g/mol. The molecule has 1 aromatic rings. The maximum atomic E-state index is 12.5. The molecule has 1 saturated heterocycles. The molecule has 2 amide bonds. The number of nitrogens with zero attached hydrogens (tertiary/aromatic N) is 2. The van der Waals surface area contributed by atoms with E-state index in [0.29, 0.717) is 24.7 Å². The fraction of sp³-hybridized carbons (Fsp3) is 0.650. The monoisotopic (exact) mass is 363 g/mol. The lowest BCUT2D eigenvalue weighted by atomic mass is 10.1. The Morgan fingerprint density at radius 1 is 1.35 bits per heavy atom. The van der Waals surface area contributed by atoms with Gasteiger partial charge in [0.25, 0.3) is 0 Å². The van der Waals surface area contributed by atoms with Crippen LogP contribution in [0.4, 0.5) is 4.79 Å². The summed E-state index contributed by atoms with van der Waals surface area (Å²) in [5.74, 6) is 1.41. The van der Waals surface area contributed by atoms with Gasteiger partial charge in [0.2, 0.25) is 0 Å². The summed E-state index contributed by atoms with van der Waals surface area (Å²) in [7, 11) is 3.44. The largest absolute Gasteiger partial charge is 0.493 e. The van der Waals surface area contributed by atoms with Gasteiger partial charge in [0, 0.05) is 38.3 Å². The maximum absolute atomic E-state index is 12.5. The number of rotatable bonds is 6. The van der Waals surface area contributed by atoms with E-state index in [2.05, 4.69) is 31.0 Å². The number of nitrogens with one attached hydrogen (secondary N) is 1. The molecular formula is C20H33N3O3. The highest BCUT2D eigenvalue weighted by atomic mass is 16.5. The van der Waals surface area contributed by atoms with Crippen LogP contribution >= 0.6 is 0 Å². The van der Waals surface area contributed by atoms with Gasteiger partial charge in [-0.25, -0.2) is 4.79 Å². The second-order valence-electron chi connectivity index (χ2n) is 7.83. The molecule has 1 atom stereocenters. The van der Waals surface area contributed by atoms with E-state index < -0.39 is 0 Å². The average Bonchev–Trinajstić information content (AvgIpc) is 3.04. The molecule has 1 aliphatic rings. The van der Waals surface area contributed by atoms with Crippen LogP contribution in [-0.4, -0.2) is 61.3 Å². The number of benzene rings is 1. The maximum Gasteiger partial charge on any atom is 0.317 e. The number of likely N-dealkylation sites (tertiary alicyclic amines) is 1. The Labute approximate surface area is 157 Å². The van der Waals surface area contributed by atoms with Crippen molar-refractivity contribution in [2.24, 2.45) is 0 Å². The van der Waals surface area contributed by atoms with Gasteiger partial charge in [-0.3, -0.25) is 4.90 Å². The zero-order chi connectivity index (χ0) is 19.3. The highest BCUT2D eigenvalue weighted by Gasteiger charge is 2.31. The zero-order valence-electron chi connectivity index (χ0n) is 17.0. The summed E-state index contributed by atoms with van der Waals surface area (Å²) < 4.78 is 10.9. The second-order valence-corrected chi connectivity index (χ2v) is 7.83. The summed E-state index contributed by atoms with van der Waals surface area (Å²) in [6, 6.07) is 5.94. The summed E-state index contributed by atoms with van der Waals surface area (Å²) in [6.07, 6.45) is 0.994. The molecule has 146 valence electrons. The van der Waals surface area contributed by atoms with Crippen molar-refractivity contribution in [3.05, 3.63) is 23.8 Å². The van der Waals surface area contributed by atoms with Crippen molar-refractivity contribution in [2.75, 3.05) is 33.9 Å². The Bertz CT molecular complexity index is 613. The van der Waals surface area contributed by atoms with Gasteiger partial charge >= 0.3 is 6.03 Å². The smallest absolute Gasteiger partial charge is 0.317 e. The number of ether oxygens (including phenoxy) is 2. The van der Waals surface area contributed by atoms with Crippen LogP contribution in [0.25, 0.3) is 0 Å². The van der Waals surface area contributed by atoms with Gasteiger partial charge in [0.15, 0.2) is 11.5 Å². The highest BCUT2D eigenvalue weighted by molar-refractivity contribution is 5.74. The van der Waals surface area contributed by atoms with Gasteiger partial charge in [0.1, 0.15) is 0 Å². The Hall–Kier alpha value is -1.95. The number of amides is 2. The number of carbonyl (C=O) groups excluding carboxylic acids is 1. The van der Waals surface area contributed by atoms with E-state index in [-0.39, 0.29) is 17.6 Å². The van der Waals surface area contributed by atoms with Gasteiger partial charge < -0.3 is 19.7 Å². The third-order valence-corrected chi connectivity index (χ3v) is 4.76. The number of urea groups is 1. The molecule has 6 nitrogen and oxygen atoms in total. The summed E-state index contributed by atoms with van der Waals surface area (Å²) in [5, 5.41) is 3.15. The van der Waals surface area contributed by atoms with E-state index in [1.165, 1.54) is 0 Å². The van der Waals surface area contributed by atoms with E-state index in [1.807, 2.05) is 32.2 Å². The lowest BCUT2D eigenvalue weighted by Gasteiger charge is -2.31. The van der Waals surface area contributed by atoms with Crippen molar-refractivity contribution in [1.82, 2.24) is 15.1 Å². The van der Waals surface area contributed by atoms with Crippen LogP contribution in [0.2, 0.25) is 0 Å². The lowest BCUT2D eigenvalue weighted by Crippen LogP contribution is -2.46. The van der Waals surface area contributed by atoms with Crippen molar-refractivity contribution in [1.29, 1.82) is 0 Å². The van der Waals surface area contributed by atoms with Crippen LogP contribution in [0.5, 0.6) is 11.5 Å². The molecule has 1 aliphatic heterocycles. The minimum Gasteiger partial charge on any atom is -0.493 e. The molecule has 2 rings (SSSR count). The fourth-order valence-electron chi connectivity index (χ4n) is 3.21. The molecule has 1 aromatic carbocycles. The first kappa shape index (κ1) is 20.4. The number of hydrogen-bond acceptors (Lipinski definition) is 4. The van der Waals surface area contributed by atoms with E-state index in [1.54, 1.807) is 12.0 Å². The zero-order valence-corrected chi connectivity index (χ0v) is 17.0. The van der Waals surface area contributed by atoms with Crippen LogP contribution in [-0.2, 0) is 6.54 Å². The first-order chi connectivity index (χ1) is 12.2. The van der Waals surface area contributed by atoms with Crippen LogP contribution in [0, 0.1) is 0 Å². The first-order valence-corrected chi connectivity index (χ1v) is 9.31. The van der Waals surface area contributed by atoms with Crippen molar-refractivity contribution in [3.63, 3.8) is 0 Å². The predicted octanol–water partition coefficient (Wildman–Crippen LogP) is 3.11. The molecule has 26 heavy (non-hydrogen) atoms. The summed E-state index contributed by atoms with van der Waals surface area (Å²) >= 11 is 0. The molecule has 6 heteroatoms. The molecule has 1 unspecified atom stereocenters. The lowest BCUT2D eigenvalue weighted by molar-refractivity contribution is 0.168. The van der Waals surface area contributed by atoms with Crippen LogP contribution in [0.3, 0.4) is 0 Å². The molecule has 0 radical (unpaired) electrons. The third-order valence-electron chi connectivity index (χ3n) is 4.76. The summed E-state index contributed by atoms with van der Waals surface area (Å²) in [4.78, 5) is 16.7. The van der Waals surface area contributed by atoms with E-state index in [0.717, 1.165) is 25.1 Å². The normalized spacial score (nSPS) is 17.8. The third kappa shape index (κ3) is 5.27. The quantitative estimate of drug-likeness (QED) is 0.844. The van der Waals surface area contributed by atoms with Gasteiger partial charge in [-0.15, -0.1) is 0 Å². The molecule has 1 heterocycles. The SMILES string of the molecule is CCOc1cc(CN(C)C(=O)NC2CCN(C(C)(C)C)C2)ccc1OC. The van der Waals surface area contributed by atoms with Gasteiger partial charge in [-0.05, 0) is 51.8 Å². The highest BCUT2D eigenvalue weighted by Crippen LogP contribution is 2.28.